The van der Waals surface area contributed by atoms with Gasteiger partial charge in [-0.1, -0.05) is 54.0 Å². The highest BCUT2D eigenvalue weighted by atomic mass is 16.6. The van der Waals surface area contributed by atoms with Crippen LogP contribution in [-0.2, 0) is 29.8 Å². The molecular formula is C25H31N7O3. The first kappa shape index (κ1) is 25.5. The molecule has 0 aliphatic heterocycles. The maximum Gasteiger partial charge on any atom is 0.368 e. The van der Waals surface area contributed by atoms with Gasteiger partial charge in [0.05, 0.1) is 17.1 Å². The summed E-state index contributed by atoms with van der Waals surface area (Å²) in [5, 5.41) is 20.4. The molecular weight excluding hydrogens is 446 g/mol. The lowest BCUT2D eigenvalue weighted by atomic mass is 10.1. The second-order valence-electron chi connectivity index (χ2n) is 8.13. The molecule has 0 N–H and O–H groups in total. The van der Waals surface area contributed by atoms with Crippen LogP contribution in [0.1, 0.15) is 49.4 Å². The Balaban J connectivity index is 1.67. The first-order valence-corrected chi connectivity index (χ1v) is 11.3. The van der Waals surface area contributed by atoms with E-state index in [1.54, 1.807) is 7.05 Å². The Morgan fingerprint density at radius 3 is 2.37 bits per heavy atom. The number of nitrogens with zero attached hydrogens (tertiary/aromatic N) is 7. The summed E-state index contributed by atoms with van der Waals surface area (Å²) in [6, 6.07) is 13.7. The maximum absolute atomic E-state index is 12.3. The van der Waals surface area contributed by atoms with E-state index in [1.807, 2.05) is 77.1 Å². The molecule has 10 heteroatoms. The molecule has 10 nitrogen and oxygen atoms in total. The lowest BCUT2D eigenvalue weighted by Gasteiger charge is -2.13. The molecule has 0 saturated carbocycles. The summed E-state index contributed by atoms with van der Waals surface area (Å²) < 4.78 is 8.38. The van der Waals surface area contributed by atoms with E-state index in [9.17, 15) is 4.79 Å². The van der Waals surface area contributed by atoms with Crippen LogP contribution < -0.4 is 5.69 Å². The molecule has 0 saturated heterocycles. The van der Waals surface area contributed by atoms with Gasteiger partial charge in [0.25, 0.3) is 0 Å². The molecule has 1 heterocycles. The fraction of sp³-hybridized carbons (Fsp3) is 0.360. The molecule has 0 spiro atoms. The van der Waals surface area contributed by atoms with Crippen molar-refractivity contribution in [3.63, 3.8) is 0 Å². The van der Waals surface area contributed by atoms with Crippen LogP contribution >= 0.6 is 0 Å². The zero-order chi connectivity index (χ0) is 25.4. The van der Waals surface area contributed by atoms with Crippen LogP contribution in [-0.4, -0.2) is 37.1 Å². The van der Waals surface area contributed by atoms with E-state index < -0.39 is 0 Å². The number of benzene rings is 2. The van der Waals surface area contributed by atoms with Crippen LogP contribution in [0.5, 0.6) is 0 Å². The molecule has 0 amide bonds. The first-order valence-electron chi connectivity index (χ1n) is 11.3. The van der Waals surface area contributed by atoms with Gasteiger partial charge < -0.3 is 9.57 Å². The molecule has 0 aliphatic rings. The van der Waals surface area contributed by atoms with E-state index in [0.717, 1.165) is 16.7 Å². The summed E-state index contributed by atoms with van der Waals surface area (Å²) in [6.07, 6.45) is 0.545. The Kier molecular flexibility index (Phi) is 8.66. The van der Waals surface area contributed by atoms with Crippen LogP contribution in [0, 0.1) is 13.8 Å². The SMILES string of the molecule is CC/C(=N/N=C(C)C(C)=NOCc1ccc(C)cc1)OCc1c(C)cccc1-n1nnn(C)c1=O. The van der Waals surface area contributed by atoms with E-state index in [2.05, 4.69) is 25.8 Å². The van der Waals surface area contributed by atoms with Crippen molar-refractivity contribution in [2.45, 2.75) is 54.3 Å². The van der Waals surface area contributed by atoms with Gasteiger partial charge in [-0.25, -0.2) is 4.79 Å². The molecule has 2 aromatic carbocycles. The molecule has 1 aromatic heterocycles. The van der Waals surface area contributed by atoms with Gasteiger partial charge in [-0.3, -0.25) is 0 Å². The van der Waals surface area contributed by atoms with Gasteiger partial charge in [-0.2, -0.15) is 14.5 Å². The Hall–Kier alpha value is -4.08. The highest BCUT2D eigenvalue weighted by molar-refractivity contribution is 6.40. The minimum Gasteiger partial charge on any atom is -0.475 e. The fourth-order valence-corrected chi connectivity index (χ4v) is 3.05. The molecule has 3 rings (SSSR count). The van der Waals surface area contributed by atoms with Crippen LogP contribution in [0.4, 0.5) is 0 Å². The lowest BCUT2D eigenvalue weighted by molar-refractivity contribution is 0.131. The van der Waals surface area contributed by atoms with Crippen molar-refractivity contribution in [3.05, 3.63) is 75.2 Å². The standard InChI is InChI=1S/C25H31N7O3/c1-7-24(27-26-19(4)20(5)28-35-15-21-13-11-17(2)12-14-21)34-16-22-18(3)9-8-10-23(22)32-25(33)31(6)29-30-32/h8-14H,7,15-16H2,1-6H3/b26-19?,27-24-,28-20?. The smallest absolute Gasteiger partial charge is 0.368 e. The van der Waals surface area contributed by atoms with Crippen molar-refractivity contribution < 1.29 is 9.57 Å². The molecule has 0 radical (unpaired) electrons. The van der Waals surface area contributed by atoms with E-state index in [0.29, 0.717) is 36.0 Å². The van der Waals surface area contributed by atoms with Crippen molar-refractivity contribution >= 4 is 17.3 Å². The van der Waals surface area contributed by atoms with Crippen LogP contribution in [0.2, 0.25) is 0 Å². The largest absolute Gasteiger partial charge is 0.475 e. The highest BCUT2D eigenvalue weighted by Gasteiger charge is 2.14. The van der Waals surface area contributed by atoms with Crippen LogP contribution in [0.25, 0.3) is 5.69 Å². The number of hydrogen-bond acceptors (Lipinski definition) is 8. The number of aryl methyl sites for hydroxylation is 3. The number of tetrazole rings is 1. The molecule has 0 bridgehead atoms. The number of hydrogen-bond donors (Lipinski definition) is 0. The minimum atomic E-state index is -0.333. The van der Waals surface area contributed by atoms with E-state index >= 15 is 0 Å². The zero-order valence-corrected chi connectivity index (χ0v) is 21.0. The number of rotatable bonds is 9. The van der Waals surface area contributed by atoms with Crippen molar-refractivity contribution in [1.29, 1.82) is 0 Å². The second kappa shape index (κ2) is 11.9. The molecule has 3 aromatic rings. The van der Waals surface area contributed by atoms with E-state index in [1.165, 1.54) is 14.9 Å². The average Bonchev–Trinajstić information content (AvgIpc) is 3.18. The fourth-order valence-electron chi connectivity index (χ4n) is 3.05. The van der Waals surface area contributed by atoms with Gasteiger partial charge in [0.2, 0.25) is 5.90 Å². The molecule has 35 heavy (non-hydrogen) atoms. The van der Waals surface area contributed by atoms with Gasteiger partial charge in [-0.15, -0.1) is 5.10 Å². The lowest BCUT2D eigenvalue weighted by Crippen LogP contribution is -2.23. The number of ether oxygens (including phenoxy) is 1. The predicted octanol–water partition coefficient (Wildman–Crippen LogP) is 3.88. The summed E-state index contributed by atoms with van der Waals surface area (Å²) in [6.45, 7) is 10.1. The first-order chi connectivity index (χ1) is 16.8. The number of aromatic nitrogens is 4. The third-order valence-corrected chi connectivity index (χ3v) is 5.41. The summed E-state index contributed by atoms with van der Waals surface area (Å²) in [7, 11) is 1.55. The summed E-state index contributed by atoms with van der Waals surface area (Å²) in [4.78, 5) is 17.8. The Bertz CT molecular complexity index is 1300. The van der Waals surface area contributed by atoms with Gasteiger partial charge in [0.15, 0.2) is 0 Å². The van der Waals surface area contributed by atoms with Gasteiger partial charge in [-0.05, 0) is 55.3 Å². The average molecular weight is 478 g/mol. The van der Waals surface area contributed by atoms with E-state index in [-0.39, 0.29) is 12.3 Å². The third kappa shape index (κ3) is 6.72. The topological polar surface area (TPSA) is 108 Å². The monoisotopic (exact) mass is 477 g/mol. The summed E-state index contributed by atoms with van der Waals surface area (Å²) >= 11 is 0. The molecule has 0 atom stereocenters. The minimum absolute atomic E-state index is 0.207. The van der Waals surface area contributed by atoms with Gasteiger partial charge in [0, 0.05) is 19.0 Å². The Morgan fingerprint density at radius 2 is 1.71 bits per heavy atom. The van der Waals surface area contributed by atoms with Gasteiger partial charge in [0.1, 0.15) is 13.2 Å². The highest BCUT2D eigenvalue weighted by Crippen LogP contribution is 2.18. The normalized spacial score (nSPS) is 12.7. The zero-order valence-electron chi connectivity index (χ0n) is 21.0. The molecule has 0 aliphatic carbocycles. The maximum atomic E-state index is 12.3. The van der Waals surface area contributed by atoms with Crippen molar-refractivity contribution in [1.82, 2.24) is 19.8 Å². The summed E-state index contributed by atoms with van der Waals surface area (Å²) in [5.41, 5.74) is 5.55. The molecule has 184 valence electrons. The quantitative estimate of drug-likeness (QED) is 0.264. The van der Waals surface area contributed by atoms with E-state index in [4.69, 9.17) is 9.57 Å². The molecule has 0 fully saturated rings. The van der Waals surface area contributed by atoms with Crippen LogP contribution in [0.3, 0.4) is 0 Å². The predicted molar refractivity (Wildman–Crippen MR) is 136 cm³/mol. The Labute approximate surface area is 204 Å². The Morgan fingerprint density at radius 1 is 0.971 bits per heavy atom. The van der Waals surface area contributed by atoms with Crippen LogP contribution in [0.15, 0.2) is 62.6 Å². The molecule has 0 unspecified atom stereocenters. The number of oxime groups is 1. The summed E-state index contributed by atoms with van der Waals surface area (Å²) in [5.74, 6) is 0.457. The third-order valence-electron chi connectivity index (χ3n) is 5.41. The van der Waals surface area contributed by atoms with Crippen molar-refractivity contribution in [2.24, 2.45) is 22.4 Å². The second-order valence-corrected chi connectivity index (χ2v) is 8.13. The van der Waals surface area contributed by atoms with Crippen molar-refractivity contribution in [3.8, 4) is 5.69 Å². The van der Waals surface area contributed by atoms with Crippen molar-refractivity contribution in [2.75, 3.05) is 0 Å². The van der Waals surface area contributed by atoms with Gasteiger partial charge >= 0.3 is 5.69 Å².